The third-order valence-corrected chi connectivity index (χ3v) is 5.33. The fourth-order valence-corrected chi connectivity index (χ4v) is 4.11. The number of aromatic nitrogens is 2. The van der Waals surface area contributed by atoms with Gasteiger partial charge in [-0.3, -0.25) is 14.4 Å². The maximum absolute atomic E-state index is 13.1. The van der Waals surface area contributed by atoms with E-state index in [0.29, 0.717) is 0 Å². The van der Waals surface area contributed by atoms with E-state index in [0.717, 1.165) is 60.6 Å². The van der Waals surface area contributed by atoms with Crippen molar-refractivity contribution in [2.24, 2.45) is 13.0 Å². The van der Waals surface area contributed by atoms with Crippen molar-refractivity contribution in [2.45, 2.75) is 40.2 Å². The van der Waals surface area contributed by atoms with Crippen LogP contribution in [0.15, 0.2) is 18.3 Å². The Morgan fingerprint density at radius 3 is 2.54 bits per heavy atom. The van der Waals surface area contributed by atoms with E-state index < -0.39 is 0 Å². The average Bonchev–Trinajstić information content (AvgIpc) is 2.91. The summed E-state index contributed by atoms with van der Waals surface area (Å²) in [7, 11) is 3.63. The van der Waals surface area contributed by atoms with E-state index in [9.17, 15) is 4.79 Å². The van der Waals surface area contributed by atoms with E-state index in [1.165, 1.54) is 5.56 Å². The van der Waals surface area contributed by atoms with E-state index >= 15 is 0 Å². The predicted molar refractivity (Wildman–Crippen MR) is 103 cm³/mol. The van der Waals surface area contributed by atoms with Gasteiger partial charge in [0.15, 0.2) is 5.78 Å². The lowest BCUT2D eigenvalue weighted by Crippen LogP contribution is -2.38. The molecule has 1 aliphatic rings. The number of hydrogen-bond acceptors (Lipinski definition) is 4. The molecule has 0 aliphatic carbocycles. The third-order valence-electron chi connectivity index (χ3n) is 5.33. The number of hydrogen-bond donors (Lipinski definition) is 0. The molecular weight excluding hydrogens is 326 g/mol. The SMILES string of the molecule is COc1c(C)cc(C(=O)C2CCCN(Cc3cn(C)nc3C)C2)cc1C. The molecule has 26 heavy (non-hydrogen) atoms. The van der Waals surface area contributed by atoms with Crippen molar-refractivity contribution in [1.29, 1.82) is 0 Å². The molecule has 0 radical (unpaired) electrons. The molecule has 0 N–H and O–H groups in total. The molecule has 1 saturated heterocycles. The number of ketones is 1. The summed E-state index contributed by atoms with van der Waals surface area (Å²) in [5.41, 5.74) is 5.17. The Hall–Kier alpha value is -2.14. The van der Waals surface area contributed by atoms with Gasteiger partial charge in [-0.15, -0.1) is 0 Å². The molecule has 1 fully saturated rings. The lowest BCUT2D eigenvalue weighted by atomic mass is 9.88. The Morgan fingerprint density at radius 2 is 1.96 bits per heavy atom. The van der Waals surface area contributed by atoms with Gasteiger partial charge in [0.2, 0.25) is 0 Å². The zero-order chi connectivity index (χ0) is 18.8. The number of piperidine rings is 1. The lowest BCUT2D eigenvalue weighted by molar-refractivity contribution is 0.0811. The number of likely N-dealkylation sites (tertiary alicyclic amines) is 1. The van der Waals surface area contributed by atoms with Crippen LogP contribution < -0.4 is 4.74 Å². The summed E-state index contributed by atoms with van der Waals surface area (Å²) in [6.45, 7) is 8.77. The Kier molecular flexibility index (Phi) is 5.47. The summed E-state index contributed by atoms with van der Waals surface area (Å²) < 4.78 is 7.29. The lowest BCUT2D eigenvalue weighted by Gasteiger charge is -2.32. The number of carbonyl (C=O) groups is 1. The summed E-state index contributed by atoms with van der Waals surface area (Å²) in [6, 6.07) is 3.94. The Balaban J connectivity index is 1.73. The van der Waals surface area contributed by atoms with Crippen LogP contribution in [0.2, 0.25) is 0 Å². The minimum atomic E-state index is 0.0629. The Bertz CT molecular complexity index is 787. The van der Waals surface area contributed by atoms with Crippen LogP contribution >= 0.6 is 0 Å². The number of benzene rings is 1. The number of ether oxygens (including phenoxy) is 1. The number of rotatable bonds is 5. The maximum atomic E-state index is 13.1. The highest BCUT2D eigenvalue weighted by molar-refractivity contribution is 5.98. The molecule has 0 saturated carbocycles. The zero-order valence-corrected chi connectivity index (χ0v) is 16.5. The van der Waals surface area contributed by atoms with Gasteiger partial charge in [0.05, 0.1) is 12.8 Å². The molecule has 1 aliphatic heterocycles. The average molecular weight is 355 g/mol. The summed E-state index contributed by atoms with van der Waals surface area (Å²) in [5, 5.41) is 4.43. The topological polar surface area (TPSA) is 47.4 Å². The number of carbonyl (C=O) groups excluding carboxylic acids is 1. The molecule has 3 rings (SSSR count). The van der Waals surface area contributed by atoms with Crippen LogP contribution in [0.25, 0.3) is 0 Å². The van der Waals surface area contributed by atoms with E-state index in [4.69, 9.17) is 4.74 Å². The van der Waals surface area contributed by atoms with Crippen LogP contribution in [0.1, 0.15) is 45.6 Å². The molecule has 5 nitrogen and oxygen atoms in total. The molecule has 5 heteroatoms. The molecule has 2 aromatic rings. The second-order valence-corrected chi connectivity index (χ2v) is 7.50. The van der Waals surface area contributed by atoms with Crippen LogP contribution in [0, 0.1) is 26.7 Å². The monoisotopic (exact) mass is 355 g/mol. The fourth-order valence-electron chi connectivity index (χ4n) is 4.11. The van der Waals surface area contributed by atoms with Gasteiger partial charge in [0.1, 0.15) is 5.75 Å². The van der Waals surface area contributed by atoms with E-state index in [1.807, 2.05) is 44.6 Å². The van der Waals surface area contributed by atoms with E-state index in [2.05, 4.69) is 16.2 Å². The number of nitrogens with zero attached hydrogens (tertiary/aromatic N) is 3. The molecule has 0 spiro atoms. The minimum Gasteiger partial charge on any atom is -0.496 e. The molecule has 2 heterocycles. The highest BCUT2D eigenvalue weighted by Crippen LogP contribution is 2.28. The Morgan fingerprint density at radius 1 is 1.27 bits per heavy atom. The number of Topliss-reactive ketones (excluding diaryl/α,β-unsaturated/α-hetero) is 1. The Labute approximate surface area is 156 Å². The van der Waals surface area contributed by atoms with Crippen LogP contribution in [-0.2, 0) is 13.6 Å². The summed E-state index contributed by atoms with van der Waals surface area (Å²) >= 11 is 0. The first-order chi connectivity index (χ1) is 12.4. The first kappa shape index (κ1) is 18.6. The van der Waals surface area contributed by atoms with Gasteiger partial charge in [-0.05, 0) is 63.4 Å². The van der Waals surface area contributed by atoms with Crippen LogP contribution in [0.5, 0.6) is 5.75 Å². The molecule has 1 aromatic heterocycles. The van der Waals surface area contributed by atoms with Gasteiger partial charge < -0.3 is 4.74 Å². The number of aryl methyl sites for hydroxylation is 4. The molecule has 1 aromatic carbocycles. The van der Waals surface area contributed by atoms with Crippen molar-refractivity contribution in [3.05, 3.63) is 46.3 Å². The summed E-state index contributed by atoms with van der Waals surface area (Å²) in [6.07, 6.45) is 4.10. The summed E-state index contributed by atoms with van der Waals surface area (Å²) in [5.74, 6) is 1.19. The summed E-state index contributed by atoms with van der Waals surface area (Å²) in [4.78, 5) is 15.5. The number of methoxy groups -OCH3 is 1. The smallest absolute Gasteiger partial charge is 0.167 e. The van der Waals surface area contributed by atoms with Gasteiger partial charge in [-0.1, -0.05) is 0 Å². The predicted octanol–water partition coefficient (Wildman–Crippen LogP) is 3.45. The molecule has 140 valence electrons. The van der Waals surface area contributed by atoms with Gasteiger partial charge in [-0.2, -0.15) is 5.10 Å². The van der Waals surface area contributed by atoms with Gasteiger partial charge >= 0.3 is 0 Å². The van der Waals surface area contributed by atoms with Crippen LogP contribution in [0.3, 0.4) is 0 Å². The fraction of sp³-hybridized carbons (Fsp3) is 0.524. The van der Waals surface area contributed by atoms with Crippen LogP contribution in [-0.4, -0.2) is 40.7 Å². The van der Waals surface area contributed by atoms with E-state index in [-0.39, 0.29) is 11.7 Å². The zero-order valence-electron chi connectivity index (χ0n) is 16.5. The van der Waals surface area contributed by atoms with Crippen molar-refractivity contribution in [3.8, 4) is 5.75 Å². The molecular formula is C21H29N3O2. The normalized spacial score (nSPS) is 18.1. The van der Waals surface area contributed by atoms with Gasteiger partial charge in [0.25, 0.3) is 0 Å². The maximum Gasteiger partial charge on any atom is 0.167 e. The van der Waals surface area contributed by atoms with Crippen molar-refractivity contribution < 1.29 is 9.53 Å². The molecule has 0 bridgehead atoms. The van der Waals surface area contributed by atoms with Gasteiger partial charge in [0, 0.05) is 43.4 Å². The molecule has 1 unspecified atom stereocenters. The quantitative estimate of drug-likeness (QED) is 0.771. The highest BCUT2D eigenvalue weighted by Gasteiger charge is 2.27. The second kappa shape index (κ2) is 7.62. The van der Waals surface area contributed by atoms with E-state index in [1.54, 1.807) is 7.11 Å². The highest BCUT2D eigenvalue weighted by atomic mass is 16.5. The second-order valence-electron chi connectivity index (χ2n) is 7.50. The van der Waals surface area contributed by atoms with Crippen LogP contribution in [0.4, 0.5) is 0 Å². The van der Waals surface area contributed by atoms with Crippen molar-refractivity contribution >= 4 is 5.78 Å². The molecule has 0 amide bonds. The minimum absolute atomic E-state index is 0.0629. The van der Waals surface area contributed by atoms with Gasteiger partial charge in [-0.25, -0.2) is 0 Å². The van der Waals surface area contributed by atoms with Crippen molar-refractivity contribution in [3.63, 3.8) is 0 Å². The third kappa shape index (κ3) is 3.83. The van der Waals surface area contributed by atoms with Crippen molar-refractivity contribution in [1.82, 2.24) is 14.7 Å². The molecule has 1 atom stereocenters. The first-order valence-electron chi connectivity index (χ1n) is 9.30. The largest absolute Gasteiger partial charge is 0.496 e. The first-order valence-corrected chi connectivity index (χ1v) is 9.30. The standard InChI is InChI=1S/C21H29N3O2/c1-14-9-18(10-15(2)21(14)26-5)20(25)17-7-6-8-24(12-17)13-19-11-23(4)22-16(19)3/h9-11,17H,6-8,12-13H2,1-5H3. The van der Waals surface area contributed by atoms with Crippen molar-refractivity contribution in [2.75, 3.05) is 20.2 Å².